The Bertz CT molecular complexity index is 1120. The van der Waals surface area contributed by atoms with E-state index in [1.165, 1.54) is 11.8 Å². The van der Waals surface area contributed by atoms with Gasteiger partial charge in [0.15, 0.2) is 16.8 Å². The molecule has 0 aliphatic carbocycles. The van der Waals surface area contributed by atoms with Crippen molar-refractivity contribution in [1.29, 1.82) is 0 Å². The summed E-state index contributed by atoms with van der Waals surface area (Å²) in [5.74, 6) is 0.790. The highest BCUT2D eigenvalue weighted by Crippen LogP contribution is 2.29. The Hall–Kier alpha value is -2.97. The average Bonchev–Trinajstić information content (AvgIpc) is 3.36. The third-order valence-corrected chi connectivity index (χ3v) is 5.76. The number of ketones is 1. The summed E-state index contributed by atoms with van der Waals surface area (Å²) >= 11 is 1.41. The number of methoxy groups -OCH3 is 1. The van der Waals surface area contributed by atoms with E-state index in [4.69, 9.17) is 4.74 Å². The van der Waals surface area contributed by atoms with Gasteiger partial charge in [-0.15, -0.1) is 10.2 Å². The molecule has 0 aliphatic heterocycles. The number of aromatic amines is 1. The molecule has 0 amide bonds. The van der Waals surface area contributed by atoms with Crippen molar-refractivity contribution in [1.82, 2.24) is 24.7 Å². The number of hydrogen-bond donors (Lipinski definition) is 1. The maximum absolute atomic E-state index is 13.1. The number of benzene rings is 1. The van der Waals surface area contributed by atoms with Crippen molar-refractivity contribution in [2.75, 3.05) is 13.7 Å². The monoisotopic (exact) mass is 407 g/mol. The second-order valence-electron chi connectivity index (χ2n) is 6.56. The molecule has 1 N–H and O–H groups in total. The number of hydrogen-bond acceptors (Lipinski definition) is 6. The normalized spacial score (nSPS) is 12.3. The Kier molecular flexibility index (Phi) is 5.73. The number of fused-ring (bicyclic) bond motifs is 1. The number of rotatable bonds is 8. The summed E-state index contributed by atoms with van der Waals surface area (Å²) in [5, 5.41) is 10.0. The van der Waals surface area contributed by atoms with Crippen LogP contribution in [0.15, 0.2) is 60.1 Å². The van der Waals surface area contributed by atoms with Gasteiger partial charge >= 0.3 is 0 Å². The van der Waals surface area contributed by atoms with E-state index in [0.717, 1.165) is 22.3 Å². The predicted molar refractivity (Wildman–Crippen MR) is 113 cm³/mol. The third-order valence-electron chi connectivity index (χ3n) is 4.68. The van der Waals surface area contributed by atoms with Crippen LogP contribution in [-0.4, -0.2) is 49.5 Å². The van der Waals surface area contributed by atoms with Crippen LogP contribution < -0.4 is 0 Å². The topological polar surface area (TPSA) is 85.7 Å². The van der Waals surface area contributed by atoms with Crippen LogP contribution >= 0.6 is 11.8 Å². The van der Waals surface area contributed by atoms with Crippen molar-refractivity contribution < 1.29 is 9.53 Å². The van der Waals surface area contributed by atoms with E-state index in [-0.39, 0.29) is 11.0 Å². The standard InChI is InChI=1S/C21H21N5O2S/c1-14(19(27)17-13-23-18-6-4-3-5-16(17)18)29-21-25-24-20(26(21)11-12-28-2)15-7-9-22-10-8-15/h3-10,13-14,23H,11-12H2,1-2H3. The van der Waals surface area contributed by atoms with Gasteiger partial charge in [-0.2, -0.15) is 0 Å². The van der Waals surface area contributed by atoms with Crippen LogP contribution in [0.2, 0.25) is 0 Å². The molecule has 1 unspecified atom stereocenters. The lowest BCUT2D eigenvalue weighted by atomic mass is 10.1. The molecule has 8 heteroatoms. The Morgan fingerprint density at radius 1 is 1.21 bits per heavy atom. The van der Waals surface area contributed by atoms with Crippen molar-refractivity contribution in [2.45, 2.75) is 23.9 Å². The molecule has 0 saturated carbocycles. The van der Waals surface area contributed by atoms with Crippen LogP contribution in [0.4, 0.5) is 0 Å². The summed E-state index contributed by atoms with van der Waals surface area (Å²) in [6.45, 7) is 3.02. The van der Waals surface area contributed by atoms with E-state index in [1.54, 1.807) is 25.7 Å². The van der Waals surface area contributed by atoms with Gasteiger partial charge in [-0.3, -0.25) is 14.3 Å². The molecule has 0 radical (unpaired) electrons. The minimum absolute atomic E-state index is 0.0548. The number of Topliss-reactive ketones (excluding diaryl/α,β-unsaturated/α-hetero) is 1. The number of nitrogens with one attached hydrogen (secondary N) is 1. The minimum Gasteiger partial charge on any atom is -0.383 e. The molecule has 0 spiro atoms. The molecule has 0 aliphatic rings. The molecular weight excluding hydrogens is 386 g/mol. The van der Waals surface area contributed by atoms with Crippen molar-refractivity contribution in [2.24, 2.45) is 0 Å². The maximum Gasteiger partial charge on any atom is 0.192 e. The van der Waals surface area contributed by atoms with Crippen LogP contribution in [0.1, 0.15) is 17.3 Å². The zero-order valence-electron chi connectivity index (χ0n) is 16.2. The molecule has 1 aromatic carbocycles. The number of carbonyl (C=O) groups is 1. The number of thioether (sulfide) groups is 1. The van der Waals surface area contributed by atoms with Crippen LogP contribution in [0.3, 0.4) is 0 Å². The highest BCUT2D eigenvalue weighted by atomic mass is 32.2. The lowest BCUT2D eigenvalue weighted by molar-refractivity contribution is 0.0995. The molecule has 0 bridgehead atoms. The lowest BCUT2D eigenvalue weighted by Gasteiger charge is -2.12. The summed E-state index contributed by atoms with van der Waals surface area (Å²) in [4.78, 5) is 20.3. The van der Waals surface area contributed by atoms with Crippen molar-refractivity contribution >= 4 is 28.4 Å². The molecule has 148 valence electrons. The number of para-hydroxylation sites is 1. The number of nitrogens with zero attached hydrogens (tertiary/aromatic N) is 4. The Balaban J connectivity index is 1.61. The first-order valence-corrected chi connectivity index (χ1v) is 10.2. The van der Waals surface area contributed by atoms with Crippen molar-refractivity contribution in [3.05, 3.63) is 60.6 Å². The molecule has 0 fully saturated rings. The molecule has 4 aromatic rings. The highest BCUT2D eigenvalue weighted by Gasteiger charge is 2.23. The number of aromatic nitrogens is 5. The molecule has 3 aromatic heterocycles. The average molecular weight is 407 g/mol. The molecule has 1 atom stereocenters. The maximum atomic E-state index is 13.1. The van der Waals surface area contributed by atoms with Crippen LogP contribution in [-0.2, 0) is 11.3 Å². The number of carbonyl (C=O) groups excluding carboxylic acids is 1. The molecule has 7 nitrogen and oxygen atoms in total. The smallest absolute Gasteiger partial charge is 0.192 e. The summed E-state index contributed by atoms with van der Waals surface area (Å²) < 4.78 is 7.24. The van der Waals surface area contributed by atoms with E-state index in [2.05, 4.69) is 20.2 Å². The fourth-order valence-corrected chi connectivity index (χ4v) is 4.12. The lowest BCUT2D eigenvalue weighted by Crippen LogP contribution is -2.15. The first-order valence-electron chi connectivity index (χ1n) is 9.28. The minimum atomic E-state index is -0.315. The first kappa shape index (κ1) is 19.4. The Labute approximate surface area is 172 Å². The van der Waals surface area contributed by atoms with E-state index in [0.29, 0.717) is 23.9 Å². The van der Waals surface area contributed by atoms with Crippen molar-refractivity contribution in [3.8, 4) is 11.4 Å². The fraction of sp³-hybridized carbons (Fsp3) is 0.238. The molecule has 29 heavy (non-hydrogen) atoms. The molecular formula is C21H21N5O2S. The van der Waals surface area contributed by atoms with Gasteiger partial charge in [-0.1, -0.05) is 30.0 Å². The quantitative estimate of drug-likeness (QED) is 0.353. The summed E-state index contributed by atoms with van der Waals surface area (Å²) in [7, 11) is 1.66. The summed E-state index contributed by atoms with van der Waals surface area (Å²) in [6.07, 6.45) is 5.23. The first-order chi connectivity index (χ1) is 14.2. The number of H-pyrrole nitrogens is 1. The number of pyridine rings is 1. The van der Waals surface area contributed by atoms with Gasteiger partial charge in [0, 0.05) is 47.7 Å². The van der Waals surface area contributed by atoms with Gasteiger partial charge < -0.3 is 9.72 Å². The van der Waals surface area contributed by atoms with Gasteiger partial charge in [-0.05, 0) is 25.1 Å². The van der Waals surface area contributed by atoms with E-state index in [9.17, 15) is 4.79 Å². The molecule has 4 rings (SSSR count). The van der Waals surface area contributed by atoms with Crippen LogP contribution in [0.5, 0.6) is 0 Å². The van der Waals surface area contributed by atoms with E-state index >= 15 is 0 Å². The second-order valence-corrected chi connectivity index (χ2v) is 7.87. The van der Waals surface area contributed by atoms with Gasteiger partial charge in [0.05, 0.1) is 18.4 Å². The second kappa shape index (κ2) is 8.59. The number of ether oxygens (including phenoxy) is 1. The highest BCUT2D eigenvalue weighted by molar-refractivity contribution is 8.00. The predicted octanol–water partition coefficient (Wildman–Crippen LogP) is 3.83. The van der Waals surface area contributed by atoms with Crippen molar-refractivity contribution in [3.63, 3.8) is 0 Å². The zero-order valence-corrected chi connectivity index (χ0v) is 17.0. The van der Waals surface area contributed by atoms with E-state index in [1.807, 2.05) is 47.9 Å². The summed E-state index contributed by atoms with van der Waals surface area (Å²) in [6, 6.07) is 11.6. The van der Waals surface area contributed by atoms with E-state index < -0.39 is 0 Å². The largest absolute Gasteiger partial charge is 0.383 e. The summed E-state index contributed by atoms with van der Waals surface area (Å²) in [5.41, 5.74) is 2.57. The molecule has 0 saturated heterocycles. The van der Waals surface area contributed by atoms with Gasteiger partial charge in [-0.25, -0.2) is 0 Å². The van der Waals surface area contributed by atoms with Gasteiger partial charge in [0.25, 0.3) is 0 Å². The third kappa shape index (κ3) is 3.94. The van der Waals surface area contributed by atoms with Crippen LogP contribution in [0, 0.1) is 0 Å². The molecule has 3 heterocycles. The van der Waals surface area contributed by atoms with Gasteiger partial charge in [0.2, 0.25) is 0 Å². The fourth-order valence-electron chi connectivity index (χ4n) is 3.18. The zero-order chi connectivity index (χ0) is 20.2. The SMILES string of the molecule is COCCn1c(SC(C)C(=O)c2c[nH]c3ccccc23)nnc1-c1ccncc1. The Morgan fingerprint density at radius 2 is 2.00 bits per heavy atom. The van der Waals surface area contributed by atoms with Gasteiger partial charge in [0.1, 0.15) is 0 Å². The Morgan fingerprint density at radius 3 is 2.79 bits per heavy atom. The van der Waals surface area contributed by atoms with Crippen LogP contribution in [0.25, 0.3) is 22.3 Å².